The summed E-state index contributed by atoms with van der Waals surface area (Å²) >= 11 is 0. The molecule has 110 valence electrons. The fourth-order valence-electron chi connectivity index (χ4n) is 1.79. The van der Waals surface area contributed by atoms with Crippen LogP contribution in [0.1, 0.15) is 18.4 Å². The summed E-state index contributed by atoms with van der Waals surface area (Å²) in [4.78, 5) is 10.4. The van der Waals surface area contributed by atoms with Gasteiger partial charge in [-0.25, -0.2) is 12.8 Å². The van der Waals surface area contributed by atoms with Crippen LogP contribution >= 0.6 is 0 Å². The summed E-state index contributed by atoms with van der Waals surface area (Å²) in [5.41, 5.74) is -5.85. The van der Waals surface area contributed by atoms with Gasteiger partial charge in [0.25, 0.3) is 9.84 Å². The maximum atomic E-state index is 13.1. The molecule has 8 heteroatoms. The Morgan fingerprint density at radius 3 is 2.35 bits per heavy atom. The predicted molar refractivity (Wildman–Crippen MR) is 61.1 cm³/mol. The van der Waals surface area contributed by atoms with Gasteiger partial charge in [-0.15, -0.1) is 0 Å². The van der Waals surface area contributed by atoms with E-state index < -0.39 is 32.5 Å². The first-order valence-electron chi connectivity index (χ1n) is 5.75. The Kier molecular flexibility index (Phi) is 3.62. The molecule has 1 fully saturated rings. The first-order chi connectivity index (χ1) is 9.13. The predicted octanol–water partition coefficient (Wildman–Crippen LogP) is 2.64. The second kappa shape index (κ2) is 4.83. The highest BCUT2D eigenvalue weighted by Crippen LogP contribution is 2.35. The number of Topliss-reactive ketones (excluding diaryl/α,β-unsaturated/α-hetero) is 1. The minimum Gasteiger partial charge on any atom is -0.299 e. The minimum atomic E-state index is -5.67. The van der Waals surface area contributed by atoms with Crippen molar-refractivity contribution in [3.05, 3.63) is 29.6 Å². The number of hydrogen-bond acceptors (Lipinski definition) is 3. The van der Waals surface area contributed by atoms with Gasteiger partial charge < -0.3 is 0 Å². The highest BCUT2D eigenvalue weighted by molar-refractivity contribution is 7.92. The number of rotatable bonds is 4. The van der Waals surface area contributed by atoms with Crippen LogP contribution in [-0.4, -0.2) is 19.7 Å². The van der Waals surface area contributed by atoms with Gasteiger partial charge in [0.1, 0.15) is 11.6 Å². The Bertz CT molecular complexity index is 645. The fourth-order valence-corrected chi connectivity index (χ4v) is 2.79. The summed E-state index contributed by atoms with van der Waals surface area (Å²) in [6.45, 7) is 0. The highest BCUT2D eigenvalue weighted by atomic mass is 32.2. The van der Waals surface area contributed by atoms with Gasteiger partial charge in [-0.2, -0.15) is 13.2 Å². The maximum Gasteiger partial charge on any atom is 0.501 e. The lowest BCUT2D eigenvalue weighted by Gasteiger charge is -2.12. The molecule has 1 aromatic rings. The van der Waals surface area contributed by atoms with Crippen LogP contribution in [0.2, 0.25) is 0 Å². The van der Waals surface area contributed by atoms with Crippen LogP contribution in [0, 0.1) is 11.7 Å². The van der Waals surface area contributed by atoms with Crippen molar-refractivity contribution in [3.63, 3.8) is 0 Å². The van der Waals surface area contributed by atoms with Crippen LogP contribution < -0.4 is 0 Å². The molecule has 0 radical (unpaired) electrons. The van der Waals surface area contributed by atoms with E-state index in [-0.39, 0.29) is 17.3 Å². The molecule has 0 amide bonds. The van der Waals surface area contributed by atoms with Crippen LogP contribution in [0.25, 0.3) is 0 Å². The average molecular weight is 310 g/mol. The zero-order valence-electron chi connectivity index (χ0n) is 10.1. The number of carbonyl (C=O) groups excluding carboxylic acids is 1. The molecule has 0 heterocycles. The Labute approximate surface area is 112 Å². The molecule has 0 spiro atoms. The largest absolute Gasteiger partial charge is 0.501 e. The Balaban J connectivity index is 2.45. The summed E-state index contributed by atoms with van der Waals surface area (Å²) < 4.78 is 73.5. The van der Waals surface area contributed by atoms with E-state index in [1.54, 1.807) is 0 Å². The Morgan fingerprint density at radius 2 is 1.85 bits per heavy atom. The lowest BCUT2D eigenvalue weighted by atomic mass is 10.1. The van der Waals surface area contributed by atoms with Crippen LogP contribution in [0.15, 0.2) is 23.1 Å². The molecule has 0 bridgehead atoms. The molecule has 0 aliphatic heterocycles. The summed E-state index contributed by atoms with van der Waals surface area (Å²) in [6, 6.07) is 2.05. The Hall–Kier alpha value is -1.44. The van der Waals surface area contributed by atoms with Crippen LogP contribution in [0.3, 0.4) is 0 Å². The standard InChI is InChI=1S/C12H10F4O3S/c13-9-4-3-8(5-10(17)7-1-2-7)11(6-9)20(18,19)12(14,15)16/h3-4,6-7H,1-2,5H2. The summed E-state index contributed by atoms with van der Waals surface area (Å²) in [7, 11) is -5.67. The topological polar surface area (TPSA) is 51.2 Å². The molecule has 0 saturated heterocycles. The zero-order chi connectivity index (χ0) is 15.1. The van der Waals surface area contributed by atoms with E-state index in [1.807, 2.05) is 0 Å². The van der Waals surface area contributed by atoms with Gasteiger partial charge in [0, 0.05) is 12.3 Å². The number of carbonyl (C=O) groups is 1. The maximum absolute atomic E-state index is 13.1. The summed E-state index contributed by atoms with van der Waals surface area (Å²) in [5, 5.41) is 0. The van der Waals surface area contributed by atoms with Gasteiger partial charge in [0.15, 0.2) is 0 Å². The van der Waals surface area contributed by atoms with Crippen molar-refractivity contribution in [1.82, 2.24) is 0 Å². The molecule has 0 atom stereocenters. The quantitative estimate of drug-likeness (QED) is 0.803. The van der Waals surface area contributed by atoms with Gasteiger partial charge >= 0.3 is 5.51 Å². The van der Waals surface area contributed by atoms with Crippen molar-refractivity contribution in [2.45, 2.75) is 29.7 Å². The second-order valence-corrected chi connectivity index (χ2v) is 6.53. The molecule has 2 rings (SSSR count). The molecule has 1 aliphatic carbocycles. The van der Waals surface area contributed by atoms with E-state index in [4.69, 9.17) is 0 Å². The normalized spacial score (nSPS) is 16.2. The third kappa shape index (κ3) is 2.84. The SMILES string of the molecule is O=C(Cc1ccc(F)cc1S(=O)(=O)C(F)(F)F)C1CC1. The molecular weight excluding hydrogens is 300 g/mol. The average Bonchev–Trinajstić information content (AvgIpc) is 3.13. The monoisotopic (exact) mass is 310 g/mol. The van der Waals surface area contributed by atoms with Crippen molar-refractivity contribution in [2.75, 3.05) is 0 Å². The van der Waals surface area contributed by atoms with Crippen molar-refractivity contribution in [2.24, 2.45) is 5.92 Å². The lowest BCUT2D eigenvalue weighted by molar-refractivity contribution is -0.119. The van der Waals surface area contributed by atoms with Gasteiger partial charge in [-0.1, -0.05) is 6.07 Å². The highest BCUT2D eigenvalue weighted by Gasteiger charge is 2.48. The van der Waals surface area contributed by atoms with Crippen molar-refractivity contribution < 1.29 is 30.8 Å². The molecule has 1 aromatic carbocycles. The van der Waals surface area contributed by atoms with Crippen molar-refractivity contribution in [3.8, 4) is 0 Å². The zero-order valence-corrected chi connectivity index (χ0v) is 10.9. The third-order valence-corrected chi connectivity index (χ3v) is 4.59. The van der Waals surface area contributed by atoms with Gasteiger partial charge in [-0.05, 0) is 30.5 Å². The third-order valence-electron chi connectivity index (χ3n) is 3.02. The number of sulfone groups is 1. The van der Waals surface area contributed by atoms with E-state index in [9.17, 15) is 30.8 Å². The minimum absolute atomic E-state index is 0.221. The van der Waals surface area contributed by atoms with Crippen molar-refractivity contribution >= 4 is 15.6 Å². The van der Waals surface area contributed by atoms with E-state index in [0.29, 0.717) is 18.9 Å². The van der Waals surface area contributed by atoms with Gasteiger partial charge in [0.2, 0.25) is 0 Å². The van der Waals surface area contributed by atoms with E-state index >= 15 is 0 Å². The summed E-state index contributed by atoms with van der Waals surface area (Å²) in [6.07, 6.45) is 0.873. The fraction of sp³-hybridized carbons (Fsp3) is 0.417. The molecule has 0 N–H and O–H groups in total. The smallest absolute Gasteiger partial charge is 0.299 e. The van der Waals surface area contributed by atoms with Crippen LogP contribution in [0.5, 0.6) is 0 Å². The number of hydrogen-bond donors (Lipinski definition) is 0. The molecule has 20 heavy (non-hydrogen) atoms. The summed E-state index contributed by atoms with van der Waals surface area (Å²) in [5.74, 6) is -1.65. The van der Waals surface area contributed by atoms with Gasteiger partial charge in [0.05, 0.1) is 4.90 Å². The van der Waals surface area contributed by atoms with Crippen LogP contribution in [-0.2, 0) is 21.1 Å². The number of halogens is 4. The van der Waals surface area contributed by atoms with Crippen LogP contribution in [0.4, 0.5) is 17.6 Å². The molecule has 0 unspecified atom stereocenters. The van der Waals surface area contributed by atoms with Crippen molar-refractivity contribution in [1.29, 1.82) is 0 Å². The second-order valence-electron chi connectivity index (χ2n) is 4.62. The molecular formula is C12H10F4O3S. The Morgan fingerprint density at radius 1 is 1.25 bits per heavy atom. The first kappa shape index (κ1) is 15.0. The molecule has 1 aliphatic rings. The van der Waals surface area contributed by atoms with E-state index in [0.717, 1.165) is 12.1 Å². The van der Waals surface area contributed by atoms with Gasteiger partial charge in [-0.3, -0.25) is 4.79 Å². The van der Waals surface area contributed by atoms with E-state index in [1.165, 1.54) is 0 Å². The number of benzene rings is 1. The first-order valence-corrected chi connectivity index (χ1v) is 7.24. The molecule has 3 nitrogen and oxygen atoms in total. The number of alkyl halides is 3. The number of ketones is 1. The molecule has 1 saturated carbocycles. The van der Waals surface area contributed by atoms with E-state index in [2.05, 4.69) is 0 Å². The lowest BCUT2D eigenvalue weighted by Crippen LogP contribution is -2.25. The molecule has 0 aromatic heterocycles.